The molecule has 2 rings (SSSR count). The molecule has 0 aliphatic carbocycles. The van der Waals surface area contributed by atoms with Crippen LogP contribution in [0.5, 0.6) is 0 Å². The molecule has 0 saturated heterocycles. The number of fused-ring (bicyclic) bond motifs is 1. The van der Waals surface area contributed by atoms with Crippen molar-refractivity contribution in [3.63, 3.8) is 0 Å². The van der Waals surface area contributed by atoms with Gasteiger partial charge in [0.1, 0.15) is 5.82 Å². The van der Waals surface area contributed by atoms with Crippen molar-refractivity contribution in [2.24, 2.45) is 0 Å². The summed E-state index contributed by atoms with van der Waals surface area (Å²) in [6.07, 6.45) is 3.62. The van der Waals surface area contributed by atoms with Crippen LogP contribution in [0, 0.1) is 12.7 Å². The van der Waals surface area contributed by atoms with E-state index in [1.165, 1.54) is 12.1 Å². The highest BCUT2D eigenvalue weighted by Crippen LogP contribution is 2.17. The molecule has 0 aromatic heterocycles. The Kier molecular flexibility index (Phi) is 2.32. The molecule has 0 spiro atoms. The zero-order valence-corrected chi connectivity index (χ0v) is 7.70. The lowest BCUT2D eigenvalue weighted by molar-refractivity contribution is 0.630. The Hall–Kier alpha value is -1.63. The van der Waals surface area contributed by atoms with Crippen molar-refractivity contribution in [1.82, 2.24) is 0 Å². The summed E-state index contributed by atoms with van der Waals surface area (Å²) in [4.78, 5) is 0. The van der Waals surface area contributed by atoms with Crippen LogP contribution >= 0.6 is 0 Å². The Balaban J connectivity index is 2.63. The van der Waals surface area contributed by atoms with Crippen molar-refractivity contribution in [2.45, 2.75) is 0 Å². The van der Waals surface area contributed by atoms with E-state index in [1.54, 1.807) is 12.1 Å². The molecule has 0 unspecified atom stereocenters. The molecule has 0 heterocycles. The fourth-order valence-corrected chi connectivity index (χ4v) is 1.48. The highest BCUT2D eigenvalue weighted by Gasteiger charge is 1.95. The fraction of sp³-hybridized carbons (Fsp3) is 0. The number of rotatable bonds is 1. The van der Waals surface area contributed by atoms with Gasteiger partial charge in [-0.25, -0.2) is 4.39 Å². The molecule has 0 aliphatic rings. The van der Waals surface area contributed by atoms with E-state index in [-0.39, 0.29) is 5.82 Å². The third kappa shape index (κ3) is 1.67. The van der Waals surface area contributed by atoms with Crippen LogP contribution in [0.4, 0.5) is 4.39 Å². The summed E-state index contributed by atoms with van der Waals surface area (Å²) in [5.74, 6) is -0.201. The highest BCUT2D eigenvalue weighted by atomic mass is 19.1. The first-order valence-electron chi connectivity index (χ1n) is 4.45. The van der Waals surface area contributed by atoms with Crippen LogP contribution in [0.3, 0.4) is 0 Å². The van der Waals surface area contributed by atoms with Crippen LogP contribution in [-0.2, 0) is 0 Å². The van der Waals surface area contributed by atoms with Crippen molar-refractivity contribution in [1.29, 1.82) is 0 Å². The van der Waals surface area contributed by atoms with Crippen LogP contribution in [-0.4, -0.2) is 0 Å². The number of halogens is 1. The first-order chi connectivity index (χ1) is 6.79. The van der Waals surface area contributed by atoms with Gasteiger partial charge in [0.05, 0.1) is 0 Å². The smallest absolute Gasteiger partial charge is 0.123 e. The molecular formula is C13H10F. The lowest BCUT2D eigenvalue weighted by atomic mass is 10.1. The maximum atomic E-state index is 12.9. The van der Waals surface area contributed by atoms with Gasteiger partial charge in [0, 0.05) is 0 Å². The van der Waals surface area contributed by atoms with Crippen molar-refractivity contribution >= 4 is 16.8 Å². The maximum Gasteiger partial charge on any atom is 0.123 e. The first kappa shape index (κ1) is 8.95. The van der Waals surface area contributed by atoms with Crippen molar-refractivity contribution < 1.29 is 4.39 Å². The van der Waals surface area contributed by atoms with E-state index < -0.39 is 0 Å². The molecule has 69 valence electrons. The summed E-state index contributed by atoms with van der Waals surface area (Å²) in [7, 11) is 0. The van der Waals surface area contributed by atoms with Gasteiger partial charge in [0.2, 0.25) is 0 Å². The second kappa shape index (κ2) is 3.62. The molecule has 0 amide bonds. The third-order valence-electron chi connectivity index (χ3n) is 2.14. The minimum absolute atomic E-state index is 0.201. The van der Waals surface area contributed by atoms with Crippen molar-refractivity contribution in [2.75, 3.05) is 0 Å². The van der Waals surface area contributed by atoms with Gasteiger partial charge < -0.3 is 0 Å². The van der Waals surface area contributed by atoms with E-state index in [9.17, 15) is 4.39 Å². The van der Waals surface area contributed by atoms with E-state index in [4.69, 9.17) is 0 Å². The summed E-state index contributed by atoms with van der Waals surface area (Å²) >= 11 is 0. The normalized spacial score (nSPS) is 11.3. The molecule has 0 nitrogen and oxygen atoms in total. The average molecular weight is 185 g/mol. The quantitative estimate of drug-likeness (QED) is 0.633. The van der Waals surface area contributed by atoms with E-state index >= 15 is 0 Å². The van der Waals surface area contributed by atoms with Gasteiger partial charge in [-0.1, -0.05) is 30.4 Å². The Morgan fingerprint density at radius 3 is 2.57 bits per heavy atom. The predicted octanol–water partition coefficient (Wildman–Crippen LogP) is 3.83. The Labute approximate surface area is 82.7 Å². The van der Waals surface area contributed by atoms with Crippen molar-refractivity contribution in [3.05, 3.63) is 60.8 Å². The minimum atomic E-state index is -0.201. The van der Waals surface area contributed by atoms with E-state index in [1.807, 2.05) is 24.3 Å². The number of benzene rings is 2. The molecule has 1 heteroatoms. The van der Waals surface area contributed by atoms with Crippen LogP contribution in [0.1, 0.15) is 5.56 Å². The Bertz CT molecular complexity index is 484. The summed E-state index contributed by atoms with van der Waals surface area (Å²) < 4.78 is 12.9. The predicted molar refractivity (Wildman–Crippen MR) is 58.3 cm³/mol. The van der Waals surface area contributed by atoms with Crippen LogP contribution in [0.25, 0.3) is 16.8 Å². The Morgan fingerprint density at radius 1 is 1.00 bits per heavy atom. The molecule has 2 aromatic carbocycles. The highest BCUT2D eigenvalue weighted by molar-refractivity contribution is 5.84. The van der Waals surface area contributed by atoms with Crippen LogP contribution in [0.2, 0.25) is 0 Å². The molecule has 0 atom stereocenters. The van der Waals surface area contributed by atoms with Gasteiger partial charge >= 0.3 is 0 Å². The number of hydrogen-bond acceptors (Lipinski definition) is 0. The van der Waals surface area contributed by atoms with Crippen LogP contribution < -0.4 is 0 Å². The maximum absolute atomic E-state index is 12.9. The van der Waals surface area contributed by atoms with Crippen molar-refractivity contribution in [3.8, 4) is 0 Å². The molecule has 14 heavy (non-hydrogen) atoms. The second-order valence-corrected chi connectivity index (χ2v) is 3.15. The summed E-state index contributed by atoms with van der Waals surface area (Å²) in [5.41, 5.74) is 1.04. The average Bonchev–Trinajstić information content (AvgIpc) is 2.17. The minimum Gasteiger partial charge on any atom is -0.207 e. The standard InChI is InChI=1S/C13H10F/c1-2-3-10-4-5-11-6-7-13(14)9-12(11)8-10/h2-9H,1H2/b3-2+. The Morgan fingerprint density at radius 2 is 1.79 bits per heavy atom. The monoisotopic (exact) mass is 185 g/mol. The van der Waals surface area contributed by atoms with E-state index in [0.29, 0.717) is 0 Å². The molecule has 2 aromatic rings. The second-order valence-electron chi connectivity index (χ2n) is 3.15. The van der Waals surface area contributed by atoms with Gasteiger partial charge in [0.25, 0.3) is 0 Å². The largest absolute Gasteiger partial charge is 0.207 e. The number of allylic oxidation sites excluding steroid dienone is 1. The third-order valence-corrected chi connectivity index (χ3v) is 2.14. The summed E-state index contributed by atoms with van der Waals surface area (Å²) in [5, 5.41) is 1.97. The lowest BCUT2D eigenvalue weighted by Gasteiger charge is -1.99. The van der Waals surface area contributed by atoms with E-state index in [2.05, 4.69) is 6.92 Å². The molecule has 0 aliphatic heterocycles. The molecule has 0 bridgehead atoms. The van der Waals surface area contributed by atoms with Gasteiger partial charge in [-0.2, -0.15) is 0 Å². The number of hydrogen-bond donors (Lipinski definition) is 0. The lowest BCUT2D eigenvalue weighted by Crippen LogP contribution is -1.78. The van der Waals surface area contributed by atoms with Crippen LogP contribution in [0.15, 0.2) is 42.5 Å². The molecule has 1 radical (unpaired) electrons. The van der Waals surface area contributed by atoms with E-state index in [0.717, 1.165) is 16.3 Å². The molecular weight excluding hydrogens is 175 g/mol. The molecule has 0 fully saturated rings. The topological polar surface area (TPSA) is 0 Å². The first-order valence-corrected chi connectivity index (χ1v) is 4.45. The molecule has 0 saturated carbocycles. The van der Waals surface area contributed by atoms with Gasteiger partial charge in [-0.15, -0.1) is 0 Å². The van der Waals surface area contributed by atoms with Gasteiger partial charge in [0.15, 0.2) is 0 Å². The summed E-state index contributed by atoms with van der Waals surface area (Å²) in [6, 6.07) is 10.7. The zero-order valence-electron chi connectivity index (χ0n) is 7.70. The SMILES string of the molecule is [CH2]/C=C/c1ccc2ccc(F)cc2c1. The van der Waals surface area contributed by atoms with Gasteiger partial charge in [-0.05, 0) is 41.5 Å². The zero-order chi connectivity index (χ0) is 9.97. The molecule has 0 N–H and O–H groups in total. The fourth-order valence-electron chi connectivity index (χ4n) is 1.48. The summed E-state index contributed by atoms with van der Waals surface area (Å²) in [6.45, 7) is 3.62. The van der Waals surface area contributed by atoms with Gasteiger partial charge in [-0.3, -0.25) is 0 Å².